The van der Waals surface area contributed by atoms with Crippen LogP contribution in [0.15, 0.2) is 36.4 Å². The summed E-state index contributed by atoms with van der Waals surface area (Å²) in [4.78, 5) is 1.14. The van der Waals surface area contributed by atoms with Crippen molar-refractivity contribution in [3.8, 4) is 0 Å². The normalized spacial score (nSPS) is 12.6. The summed E-state index contributed by atoms with van der Waals surface area (Å²) >= 11 is 7.53. The van der Waals surface area contributed by atoms with E-state index in [-0.39, 0.29) is 6.04 Å². The molecule has 1 heterocycles. The predicted molar refractivity (Wildman–Crippen MR) is 74.3 cm³/mol. The van der Waals surface area contributed by atoms with Gasteiger partial charge in [-0.15, -0.1) is 11.3 Å². The van der Waals surface area contributed by atoms with Crippen LogP contribution in [0.5, 0.6) is 0 Å². The smallest absolute Gasteiger partial charge is 0.0931 e. The van der Waals surface area contributed by atoms with E-state index in [0.29, 0.717) is 0 Å². The summed E-state index contributed by atoms with van der Waals surface area (Å²) in [6.45, 7) is 2.15. The van der Waals surface area contributed by atoms with Crippen LogP contribution in [0.2, 0.25) is 4.34 Å². The van der Waals surface area contributed by atoms with E-state index in [9.17, 15) is 0 Å². The van der Waals surface area contributed by atoms with E-state index in [1.54, 1.807) is 11.3 Å². The first kappa shape index (κ1) is 12.6. The van der Waals surface area contributed by atoms with E-state index in [1.807, 2.05) is 18.2 Å². The Labute approximate surface area is 110 Å². The number of aryl methyl sites for hydroxylation is 1. The highest BCUT2D eigenvalue weighted by Gasteiger charge is 2.16. The molecular formula is C13H15ClN2S. The molecule has 1 aromatic heterocycles. The summed E-state index contributed by atoms with van der Waals surface area (Å²) in [6, 6.07) is 12.3. The molecule has 4 heteroatoms. The van der Waals surface area contributed by atoms with Crippen LogP contribution in [0.25, 0.3) is 0 Å². The van der Waals surface area contributed by atoms with E-state index in [1.165, 1.54) is 11.1 Å². The van der Waals surface area contributed by atoms with Gasteiger partial charge >= 0.3 is 0 Å². The minimum atomic E-state index is 0.0173. The van der Waals surface area contributed by atoms with Gasteiger partial charge in [0.2, 0.25) is 0 Å². The second kappa shape index (κ2) is 5.65. The van der Waals surface area contributed by atoms with Gasteiger partial charge in [-0.2, -0.15) is 0 Å². The highest BCUT2D eigenvalue weighted by molar-refractivity contribution is 7.16. The monoisotopic (exact) mass is 266 g/mol. The third kappa shape index (κ3) is 2.69. The van der Waals surface area contributed by atoms with Crippen LogP contribution in [0.1, 0.15) is 29.0 Å². The molecule has 0 aliphatic rings. The van der Waals surface area contributed by atoms with Gasteiger partial charge in [0, 0.05) is 4.88 Å². The van der Waals surface area contributed by atoms with Crippen molar-refractivity contribution >= 4 is 22.9 Å². The maximum absolute atomic E-state index is 5.97. The molecular weight excluding hydrogens is 252 g/mol. The van der Waals surface area contributed by atoms with Crippen molar-refractivity contribution in [2.75, 3.05) is 0 Å². The quantitative estimate of drug-likeness (QED) is 0.656. The Morgan fingerprint density at radius 1 is 1.29 bits per heavy atom. The Balaban J connectivity index is 2.41. The number of hydrogen-bond donors (Lipinski definition) is 2. The number of hydrogen-bond acceptors (Lipinski definition) is 3. The van der Waals surface area contributed by atoms with Gasteiger partial charge in [-0.05, 0) is 29.7 Å². The van der Waals surface area contributed by atoms with E-state index in [2.05, 4.69) is 30.5 Å². The van der Waals surface area contributed by atoms with Crippen LogP contribution >= 0.6 is 22.9 Å². The lowest BCUT2D eigenvalue weighted by Gasteiger charge is -2.18. The number of nitrogens with one attached hydrogen (secondary N) is 1. The third-order valence-electron chi connectivity index (χ3n) is 2.79. The first-order valence-electron chi connectivity index (χ1n) is 5.55. The molecule has 0 aliphatic carbocycles. The van der Waals surface area contributed by atoms with Gasteiger partial charge in [0.1, 0.15) is 0 Å². The van der Waals surface area contributed by atoms with Crippen molar-refractivity contribution < 1.29 is 0 Å². The molecule has 1 aromatic carbocycles. The standard InChI is InChI=1S/C13H15ClN2S/c1-2-9-5-3-4-6-10(9)13(16-15)11-7-8-12(14)17-11/h3-8,13,16H,2,15H2,1H3. The van der Waals surface area contributed by atoms with Crippen molar-refractivity contribution in [3.05, 3.63) is 56.7 Å². The average molecular weight is 267 g/mol. The summed E-state index contributed by atoms with van der Waals surface area (Å²) in [5.74, 6) is 5.68. The SMILES string of the molecule is CCc1ccccc1C(NN)c1ccc(Cl)s1. The molecule has 0 amide bonds. The zero-order chi connectivity index (χ0) is 12.3. The molecule has 1 atom stereocenters. The highest BCUT2D eigenvalue weighted by Crippen LogP contribution is 2.32. The number of rotatable bonds is 4. The zero-order valence-corrected chi connectivity index (χ0v) is 11.2. The van der Waals surface area contributed by atoms with Crippen molar-refractivity contribution in [2.45, 2.75) is 19.4 Å². The second-order valence-corrected chi connectivity index (χ2v) is 5.54. The van der Waals surface area contributed by atoms with Crippen molar-refractivity contribution in [1.82, 2.24) is 5.43 Å². The summed E-state index contributed by atoms with van der Waals surface area (Å²) < 4.78 is 0.786. The summed E-state index contributed by atoms with van der Waals surface area (Å²) in [5.41, 5.74) is 5.40. The van der Waals surface area contributed by atoms with Gasteiger partial charge in [0.15, 0.2) is 0 Å². The second-order valence-electron chi connectivity index (χ2n) is 3.79. The molecule has 2 nitrogen and oxygen atoms in total. The molecule has 0 saturated heterocycles. The molecule has 0 aliphatic heterocycles. The van der Waals surface area contributed by atoms with Crippen LogP contribution in [0, 0.1) is 0 Å². The Kier molecular flexibility index (Phi) is 4.18. The number of halogens is 1. The largest absolute Gasteiger partial charge is 0.271 e. The molecule has 0 spiro atoms. The average Bonchev–Trinajstić information content (AvgIpc) is 2.77. The van der Waals surface area contributed by atoms with Crippen molar-refractivity contribution in [2.24, 2.45) is 5.84 Å². The summed E-state index contributed by atoms with van der Waals surface area (Å²) in [7, 11) is 0. The lowest BCUT2D eigenvalue weighted by Crippen LogP contribution is -2.28. The summed E-state index contributed by atoms with van der Waals surface area (Å²) in [5, 5.41) is 0. The lowest BCUT2D eigenvalue weighted by atomic mass is 9.98. The number of hydrazine groups is 1. The molecule has 0 fully saturated rings. The van der Waals surface area contributed by atoms with Gasteiger partial charge in [-0.25, -0.2) is 5.43 Å². The fraction of sp³-hybridized carbons (Fsp3) is 0.231. The van der Waals surface area contributed by atoms with Gasteiger partial charge in [0.25, 0.3) is 0 Å². The maximum Gasteiger partial charge on any atom is 0.0931 e. The minimum Gasteiger partial charge on any atom is -0.271 e. The van der Waals surface area contributed by atoms with Crippen LogP contribution in [0.4, 0.5) is 0 Å². The third-order valence-corrected chi connectivity index (χ3v) is 4.09. The Hall–Kier alpha value is -0.870. The maximum atomic E-state index is 5.97. The topological polar surface area (TPSA) is 38.0 Å². The van der Waals surface area contributed by atoms with Gasteiger partial charge in [-0.1, -0.05) is 42.8 Å². The Morgan fingerprint density at radius 2 is 2.06 bits per heavy atom. The van der Waals surface area contributed by atoms with Crippen LogP contribution in [-0.2, 0) is 6.42 Å². The van der Waals surface area contributed by atoms with Gasteiger partial charge in [0.05, 0.1) is 10.4 Å². The number of nitrogens with two attached hydrogens (primary N) is 1. The fourth-order valence-corrected chi connectivity index (χ4v) is 3.09. The molecule has 17 heavy (non-hydrogen) atoms. The van der Waals surface area contributed by atoms with Crippen LogP contribution in [-0.4, -0.2) is 0 Å². The van der Waals surface area contributed by atoms with Crippen LogP contribution < -0.4 is 11.3 Å². The first-order chi connectivity index (χ1) is 8.26. The van der Waals surface area contributed by atoms with Crippen molar-refractivity contribution in [1.29, 1.82) is 0 Å². The molecule has 0 bridgehead atoms. The molecule has 0 radical (unpaired) electrons. The number of benzene rings is 1. The van der Waals surface area contributed by atoms with E-state index < -0.39 is 0 Å². The highest BCUT2D eigenvalue weighted by atomic mass is 35.5. The number of thiophene rings is 1. The molecule has 1 unspecified atom stereocenters. The van der Waals surface area contributed by atoms with Gasteiger partial charge in [-0.3, -0.25) is 5.84 Å². The zero-order valence-electron chi connectivity index (χ0n) is 9.61. The fourth-order valence-electron chi connectivity index (χ4n) is 1.95. The molecule has 0 saturated carbocycles. The van der Waals surface area contributed by atoms with Crippen LogP contribution in [0.3, 0.4) is 0 Å². The Bertz CT molecular complexity index is 496. The van der Waals surface area contributed by atoms with Crippen molar-refractivity contribution in [3.63, 3.8) is 0 Å². The lowest BCUT2D eigenvalue weighted by molar-refractivity contribution is 0.641. The van der Waals surface area contributed by atoms with Gasteiger partial charge < -0.3 is 0 Å². The molecule has 90 valence electrons. The molecule has 3 N–H and O–H groups in total. The summed E-state index contributed by atoms with van der Waals surface area (Å²) in [6.07, 6.45) is 0.994. The molecule has 2 aromatic rings. The minimum absolute atomic E-state index is 0.0173. The first-order valence-corrected chi connectivity index (χ1v) is 6.75. The van der Waals surface area contributed by atoms with E-state index in [0.717, 1.165) is 15.6 Å². The predicted octanol–water partition coefficient (Wildman–Crippen LogP) is 3.52. The van der Waals surface area contributed by atoms with E-state index in [4.69, 9.17) is 17.4 Å². The Morgan fingerprint density at radius 3 is 2.65 bits per heavy atom. The molecule has 2 rings (SSSR count). The van der Waals surface area contributed by atoms with E-state index >= 15 is 0 Å².